The molecule has 0 radical (unpaired) electrons. The van der Waals surface area contributed by atoms with Crippen LogP contribution in [0.3, 0.4) is 0 Å². The lowest BCUT2D eigenvalue weighted by Crippen LogP contribution is -2.24. The first-order valence-electron chi connectivity index (χ1n) is 6.66. The van der Waals surface area contributed by atoms with Gasteiger partial charge in [-0.3, -0.25) is 0 Å². The average Bonchev–Trinajstić information content (AvgIpc) is 2.84. The van der Waals surface area contributed by atoms with Crippen molar-refractivity contribution in [3.05, 3.63) is 46.5 Å². The van der Waals surface area contributed by atoms with Crippen molar-refractivity contribution in [3.8, 4) is 5.75 Å². The minimum atomic E-state index is 0.454. The lowest BCUT2D eigenvalue weighted by Gasteiger charge is -2.12. The number of benzene rings is 1. The maximum atomic E-state index is 5.25. The van der Waals surface area contributed by atoms with Crippen LogP contribution in [-0.2, 0) is 13.1 Å². The number of nitrogens with zero attached hydrogens (tertiary/aromatic N) is 2. The molecule has 1 heterocycles. The molecule has 0 spiro atoms. The largest absolute Gasteiger partial charge is 0.496 e. The minimum Gasteiger partial charge on any atom is -0.496 e. The van der Waals surface area contributed by atoms with Crippen molar-refractivity contribution in [2.24, 2.45) is 0 Å². The van der Waals surface area contributed by atoms with Crippen LogP contribution in [0.1, 0.15) is 25.2 Å². The summed E-state index contributed by atoms with van der Waals surface area (Å²) in [5, 5.41) is 3.39. The highest BCUT2D eigenvalue weighted by atomic mass is 79.9. The first-order chi connectivity index (χ1) is 9.60. The number of halogens is 1. The van der Waals surface area contributed by atoms with Gasteiger partial charge in [-0.15, -0.1) is 0 Å². The fraction of sp³-hybridized carbons (Fsp3) is 0.400. The molecule has 0 aliphatic heterocycles. The molecule has 0 amide bonds. The smallest absolute Gasteiger partial charge is 0.133 e. The van der Waals surface area contributed by atoms with Crippen LogP contribution >= 0.6 is 15.9 Å². The highest BCUT2D eigenvalue weighted by Gasteiger charge is 2.06. The van der Waals surface area contributed by atoms with E-state index in [9.17, 15) is 0 Å². The lowest BCUT2D eigenvalue weighted by atomic mass is 10.2. The Morgan fingerprint density at radius 1 is 1.40 bits per heavy atom. The molecule has 0 aliphatic carbocycles. The second kappa shape index (κ2) is 6.90. The molecular formula is C15H20BrN3O. The van der Waals surface area contributed by atoms with Gasteiger partial charge in [-0.1, -0.05) is 19.9 Å². The van der Waals surface area contributed by atoms with Gasteiger partial charge >= 0.3 is 0 Å². The molecule has 0 atom stereocenters. The van der Waals surface area contributed by atoms with Crippen LogP contribution in [0.4, 0.5) is 0 Å². The second-order valence-corrected chi connectivity index (χ2v) is 5.83. The number of methoxy groups -OCH3 is 1. The zero-order valence-corrected chi connectivity index (χ0v) is 13.6. The predicted molar refractivity (Wildman–Crippen MR) is 84.0 cm³/mol. The molecule has 4 nitrogen and oxygen atoms in total. The molecule has 0 saturated carbocycles. The van der Waals surface area contributed by atoms with Gasteiger partial charge in [0.25, 0.3) is 0 Å². The summed E-state index contributed by atoms with van der Waals surface area (Å²) >= 11 is 3.52. The van der Waals surface area contributed by atoms with Crippen molar-refractivity contribution in [1.29, 1.82) is 0 Å². The summed E-state index contributed by atoms with van der Waals surface area (Å²) < 4.78 is 8.38. The van der Waals surface area contributed by atoms with E-state index in [0.717, 1.165) is 29.1 Å². The molecule has 0 aliphatic rings. The number of nitrogens with one attached hydrogen (secondary N) is 1. The van der Waals surface area contributed by atoms with Gasteiger partial charge < -0.3 is 14.6 Å². The van der Waals surface area contributed by atoms with Crippen molar-refractivity contribution in [1.82, 2.24) is 14.9 Å². The van der Waals surface area contributed by atoms with Crippen LogP contribution in [-0.4, -0.2) is 22.7 Å². The molecule has 2 aromatic rings. The average molecular weight is 338 g/mol. The molecule has 0 saturated heterocycles. The quantitative estimate of drug-likeness (QED) is 0.879. The normalized spacial score (nSPS) is 11.1. The fourth-order valence-electron chi connectivity index (χ4n) is 1.95. The maximum Gasteiger partial charge on any atom is 0.133 e. The first-order valence-corrected chi connectivity index (χ1v) is 7.45. The summed E-state index contributed by atoms with van der Waals surface area (Å²) in [6.07, 6.45) is 3.85. The number of imidazole rings is 1. The van der Waals surface area contributed by atoms with E-state index in [4.69, 9.17) is 4.74 Å². The molecule has 2 rings (SSSR count). The van der Waals surface area contributed by atoms with Crippen molar-refractivity contribution >= 4 is 15.9 Å². The minimum absolute atomic E-state index is 0.454. The SMILES string of the molecule is COc1ccc(Cn2ccnc2CNC(C)C)cc1Br. The maximum absolute atomic E-state index is 5.25. The highest BCUT2D eigenvalue weighted by molar-refractivity contribution is 9.10. The zero-order valence-electron chi connectivity index (χ0n) is 12.1. The Morgan fingerprint density at radius 2 is 2.20 bits per heavy atom. The van der Waals surface area contributed by atoms with Crippen LogP contribution in [0.25, 0.3) is 0 Å². The topological polar surface area (TPSA) is 39.1 Å². The van der Waals surface area contributed by atoms with E-state index >= 15 is 0 Å². The number of ether oxygens (including phenoxy) is 1. The van der Waals surface area contributed by atoms with Crippen molar-refractivity contribution in [2.45, 2.75) is 33.0 Å². The third-order valence-corrected chi connectivity index (χ3v) is 3.66. The van der Waals surface area contributed by atoms with Crippen LogP contribution in [0.5, 0.6) is 5.75 Å². The Kier molecular flexibility index (Phi) is 5.20. The summed E-state index contributed by atoms with van der Waals surface area (Å²) in [6.45, 7) is 5.85. The third-order valence-electron chi connectivity index (χ3n) is 3.04. The van der Waals surface area contributed by atoms with Crippen LogP contribution in [0, 0.1) is 0 Å². The monoisotopic (exact) mass is 337 g/mol. The molecule has 1 aromatic heterocycles. The molecule has 20 heavy (non-hydrogen) atoms. The number of aromatic nitrogens is 2. The van der Waals surface area contributed by atoms with Gasteiger partial charge in [0.1, 0.15) is 11.6 Å². The second-order valence-electron chi connectivity index (χ2n) is 4.98. The molecule has 108 valence electrons. The van der Waals surface area contributed by atoms with Gasteiger partial charge in [0.05, 0.1) is 18.1 Å². The van der Waals surface area contributed by atoms with Gasteiger partial charge in [-0.2, -0.15) is 0 Å². The summed E-state index contributed by atoms with van der Waals surface area (Å²) in [7, 11) is 1.67. The number of rotatable bonds is 6. The summed E-state index contributed by atoms with van der Waals surface area (Å²) in [5.74, 6) is 1.90. The van der Waals surface area contributed by atoms with Crippen LogP contribution in [0.15, 0.2) is 35.1 Å². The van der Waals surface area contributed by atoms with Crippen LogP contribution in [0.2, 0.25) is 0 Å². The van der Waals surface area contributed by atoms with E-state index in [2.05, 4.69) is 56.8 Å². The van der Waals surface area contributed by atoms with E-state index in [1.807, 2.05) is 18.5 Å². The van der Waals surface area contributed by atoms with Crippen molar-refractivity contribution < 1.29 is 4.74 Å². The summed E-state index contributed by atoms with van der Waals surface area (Å²) in [6, 6.07) is 6.58. The van der Waals surface area contributed by atoms with Gasteiger partial charge in [0.15, 0.2) is 0 Å². The van der Waals surface area contributed by atoms with Gasteiger partial charge in [-0.25, -0.2) is 4.98 Å². The summed E-state index contributed by atoms with van der Waals surface area (Å²) in [4.78, 5) is 4.40. The fourth-order valence-corrected chi connectivity index (χ4v) is 2.54. The van der Waals surface area contributed by atoms with Gasteiger partial charge in [0.2, 0.25) is 0 Å². The zero-order chi connectivity index (χ0) is 14.5. The molecule has 1 N–H and O–H groups in total. The third kappa shape index (κ3) is 3.84. The van der Waals surface area contributed by atoms with Crippen molar-refractivity contribution in [2.75, 3.05) is 7.11 Å². The lowest BCUT2D eigenvalue weighted by molar-refractivity contribution is 0.412. The van der Waals surface area contributed by atoms with E-state index < -0.39 is 0 Å². The Balaban J connectivity index is 2.10. The van der Waals surface area contributed by atoms with E-state index in [0.29, 0.717) is 6.04 Å². The number of hydrogen-bond donors (Lipinski definition) is 1. The van der Waals surface area contributed by atoms with E-state index in [1.165, 1.54) is 5.56 Å². The van der Waals surface area contributed by atoms with Gasteiger partial charge in [-0.05, 0) is 33.6 Å². The Morgan fingerprint density at radius 3 is 2.85 bits per heavy atom. The molecular weight excluding hydrogens is 318 g/mol. The van der Waals surface area contributed by atoms with E-state index in [1.54, 1.807) is 7.11 Å². The Labute approximate surface area is 128 Å². The standard InChI is InChI=1S/C15H20BrN3O/c1-11(2)18-9-15-17-6-7-19(15)10-12-4-5-14(20-3)13(16)8-12/h4-8,11,18H,9-10H2,1-3H3. The predicted octanol–water partition coefficient (Wildman–Crippen LogP) is 3.20. The molecule has 0 unspecified atom stereocenters. The molecule has 5 heteroatoms. The van der Waals surface area contributed by atoms with Crippen molar-refractivity contribution in [3.63, 3.8) is 0 Å². The highest BCUT2D eigenvalue weighted by Crippen LogP contribution is 2.25. The van der Waals surface area contributed by atoms with Crippen LogP contribution < -0.4 is 10.1 Å². The molecule has 0 fully saturated rings. The van der Waals surface area contributed by atoms with Gasteiger partial charge in [0, 0.05) is 25.0 Å². The molecule has 1 aromatic carbocycles. The summed E-state index contributed by atoms with van der Waals surface area (Å²) in [5.41, 5.74) is 1.21. The van der Waals surface area contributed by atoms with E-state index in [-0.39, 0.29) is 0 Å². The number of hydrogen-bond acceptors (Lipinski definition) is 3. The first kappa shape index (κ1) is 15.1. The Hall–Kier alpha value is -1.33. The Bertz CT molecular complexity index is 566. The molecule has 0 bridgehead atoms.